The van der Waals surface area contributed by atoms with Crippen molar-refractivity contribution >= 4 is 34.7 Å². The molecule has 0 saturated heterocycles. The Kier molecular flexibility index (Phi) is 7.81. The molecule has 1 amide bonds. The van der Waals surface area contributed by atoms with Crippen LogP contribution in [0.5, 0.6) is 0 Å². The zero-order chi connectivity index (χ0) is 15.0. The number of hydrogen-bond acceptors (Lipinski definition) is 6. The van der Waals surface area contributed by atoms with Gasteiger partial charge < -0.3 is 15.2 Å². The van der Waals surface area contributed by atoms with E-state index in [2.05, 4.69) is 10.1 Å². The summed E-state index contributed by atoms with van der Waals surface area (Å²) in [5.41, 5.74) is 0. The van der Waals surface area contributed by atoms with E-state index in [0.717, 1.165) is 18.9 Å². The summed E-state index contributed by atoms with van der Waals surface area (Å²) in [7, 11) is 1.13. The SMILES string of the molecule is COC(=O)C[C@H](NC(=O)[C@H](C)CSC(C)=O)C(=O)O. The lowest BCUT2D eigenvalue weighted by Crippen LogP contribution is -2.45. The van der Waals surface area contributed by atoms with Crippen LogP contribution < -0.4 is 5.32 Å². The van der Waals surface area contributed by atoms with Crippen molar-refractivity contribution in [2.24, 2.45) is 5.92 Å². The molecule has 0 fully saturated rings. The molecule has 0 unspecified atom stereocenters. The van der Waals surface area contributed by atoms with Gasteiger partial charge in [-0.25, -0.2) is 4.79 Å². The maximum Gasteiger partial charge on any atom is 0.326 e. The number of hydrogen-bond donors (Lipinski definition) is 2. The van der Waals surface area contributed by atoms with Gasteiger partial charge in [0.05, 0.1) is 13.5 Å². The minimum absolute atomic E-state index is 0.121. The third-order valence-electron chi connectivity index (χ3n) is 2.20. The Morgan fingerprint density at radius 3 is 2.32 bits per heavy atom. The van der Waals surface area contributed by atoms with Gasteiger partial charge in [-0.05, 0) is 0 Å². The molecule has 8 heteroatoms. The van der Waals surface area contributed by atoms with Gasteiger partial charge in [-0.2, -0.15) is 0 Å². The minimum Gasteiger partial charge on any atom is -0.480 e. The molecular weight excluding hydrogens is 274 g/mol. The number of ether oxygens (including phenoxy) is 1. The number of nitrogens with one attached hydrogen (secondary N) is 1. The Labute approximate surface area is 115 Å². The molecule has 0 bridgehead atoms. The Bertz CT molecular complexity index is 370. The molecule has 108 valence electrons. The number of methoxy groups -OCH3 is 1. The molecule has 2 atom stereocenters. The Balaban J connectivity index is 4.42. The van der Waals surface area contributed by atoms with Gasteiger partial charge in [0.25, 0.3) is 0 Å². The number of carboxylic acid groups (broad SMARTS) is 1. The zero-order valence-corrected chi connectivity index (χ0v) is 11.8. The number of carboxylic acids is 1. The molecule has 0 rings (SSSR count). The largest absolute Gasteiger partial charge is 0.480 e. The number of thioether (sulfide) groups is 1. The van der Waals surface area contributed by atoms with E-state index in [1.54, 1.807) is 6.92 Å². The lowest BCUT2D eigenvalue weighted by atomic mass is 10.1. The predicted octanol–water partition coefficient (Wildman–Crippen LogP) is 0.0347. The monoisotopic (exact) mass is 291 g/mol. The highest BCUT2D eigenvalue weighted by atomic mass is 32.2. The molecular formula is C11H17NO6S. The van der Waals surface area contributed by atoms with Crippen molar-refractivity contribution in [1.82, 2.24) is 5.32 Å². The van der Waals surface area contributed by atoms with E-state index in [9.17, 15) is 19.2 Å². The van der Waals surface area contributed by atoms with Crippen LogP contribution in [0, 0.1) is 5.92 Å². The summed E-state index contributed by atoms with van der Waals surface area (Å²) in [5.74, 6) is -2.84. The molecule has 0 aliphatic carbocycles. The summed E-state index contributed by atoms with van der Waals surface area (Å²) in [5, 5.41) is 11.0. The van der Waals surface area contributed by atoms with Crippen molar-refractivity contribution in [3.63, 3.8) is 0 Å². The molecule has 7 nitrogen and oxygen atoms in total. The number of rotatable bonds is 7. The van der Waals surface area contributed by atoms with Crippen LogP contribution in [0.15, 0.2) is 0 Å². The average Bonchev–Trinajstić information content (AvgIpc) is 2.34. The molecule has 0 aliphatic rings. The van der Waals surface area contributed by atoms with Crippen LogP contribution in [0.2, 0.25) is 0 Å². The summed E-state index contributed by atoms with van der Waals surface area (Å²) < 4.78 is 4.35. The van der Waals surface area contributed by atoms with Gasteiger partial charge in [0.1, 0.15) is 6.04 Å². The first-order valence-corrected chi connectivity index (χ1v) is 6.49. The number of carbonyl (C=O) groups is 4. The summed E-state index contributed by atoms with van der Waals surface area (Å²) in [6.45, 7) is 2.95. The van der Waals surface area contributed by atoms with Crippen LogP contribution in [0.3, 0.4) is 0 Å². The second-order valence-corrected chi connectivity index (χ2v) is 5.08. The highest BCUT2D eigenvalue weighted by molar-refractivity contribution is 8.13. The first-order chi connectivity index (χ1) is 8.77. The van der Waals surface area contributed by atoms with E-state index in [-0.39, 0.29) is 10.9 Å². The molecule has 0 heterocycles. The molecule has 19 heavy (non-hydrogen) atoms. The molecule has 0 aromatic heterocycles. The normalized spacial score (nSPS) is 13.2. The molecule has 2 N–H and O–H groups in total. The topological polar surface area (TPSA) is 110 Å². The van der Waals surface area contributed by atoms with Crippen molar-refractivity contribution in [3.05, 3.63) is 0 Å². The van der Waals surface area contributed by atoms with Crippen molar-refractivity contribution < 1.29 is 29.0 Å². The second-order valence-electron chi connectivity index (χ2n) is 3.88. The van der Waals surface area contributed by atoms with Crippen molar-refractivity contribution in [3.8, 4) is 0 Å². The number of aliphatic carboxylic acids is 1. The quantitative estimate of drug-likeness (QED) is 0.637. The first-order valence-electron chi connectivity index (χ1n) is 5.51. The van der Waals surface area contributed by atoms with Gasteiger partial charge in [0.15, 0.2) is 5.12 Å². The van der Waals surface area contributed by atoms with Crippen LogP contribution in [-0.4, -0.2) is 47.0 Å². The van der Waals surface area contributed by atoms with Gasteiger partial charge in [0.2, 0.25) is 5.91 Å². The Morgan fingerprint density at radius 1 is 1.32 bits per heavy atom. The molecule has 0 aliphatic heterocycles. The molecule has 0 saturated carbocycles. The maximum atomic E-state index is 11.7. The van der Waals surface area contributed by atoms with Crippen LogP contribution in [0.4, 0.5) is 0 Å². The number of esters is 1. The van der Waals surface area contributed by atoms with Gasteiger partial charge in [-0.15, -0.1) is 0 Å². The van der Waals surface area contributed by atoms with Crippen molar-refractivity contribution in [2.45, 2.75) is 26.3 Å². The third kappa shape index (κ3) is 7.45. The lowest BCUT2D eigenvalue weighted by molar-refractivity contribution is -0.149. The van der Waals surface area contributed by atoms with Gasteiger partial charge in [0, 0.05) is 18.6 Å². The number of amides is 1. The molecule has 0 spiro atoms. The molecule has 0 radical (unpaired) electrons. The fraction of sp³-hybridized carbons (Fsp3) is 0.636. The zero-order valence-electron chi connectivity index (χ0n) is 11.0. The van der Waals surface area contributed by atoms with Gasteiger partial charge >= 0.3 is 11.9 Å². The van der Waals surface area contributed by atoms with Gasteiger partial charge in [-0.1, -0.05) is 18.7 Å². The van der Waals surface area contributed by atoms with E-state index < -0.39 is 36.2 Å². The Hall–Kier alpha value is -1.57. The minimum atomic E-state index is -1.33. The fourth-order valence-electron chi connectivity index (χ4n) is 1.08. The van der Waals surface area contributed by atoms with E-state index >= 15 is 0 Å². The van der Waals surface area contributed by atoms with Crippen LogP contribution in [0.1, 0.15) is 20.3 Å². The van der Waals surface area contributed by atoms with E-state index in [4.69, 9.17) is 5.11 Å². The average molecular weight is 291 g/mol. The fourth-order valence-corrected chi connectivity index (χ4v) is 1.72. The van der Waals surface area contributed by atoms with E-state index in [1.807, 2.05) is 0 Å². The summed E-state index contributed by atoms with van der Waals surface area (Å²) in [6, 6.07) is -1.33. The summed E-state index contributed by atoms with van der Waals surface area (Å²) in [6.07, 6.45) is -0.440. The highest BCUT2D eigenvalue weighted by Gasteiger charge is 2.25. The van der Waals surface area contributed by atoms with Crippen molar-refractivity contribution in [1.29, 1.82) is 0 Å². The van der Waals surface area contributed by atoms with Gasteiger partial charge in [-0.3, -0.25) is 14.4 Å². The van der Waals surface area contributed by atoms with Crippen LogP contribution >= 0.6 is 11.8 Å². The van der Waals surface area contributed by atoms with Crippen LogP contribution in [-0.2, 0) is 23.9 Å². The predicted molar refractivity (Wildman–Crippen MR) is 68.5 cm³/mol. The molecule has 0 aromatic carbocycles. The third-order valence-corrected chi connectivity index (χ3v) is 3.27. The van der Waals surface area contributed by atoms with E-state index in [0.29, 0.717) is 0 Å². The molecule has 0 aromatic rings. The first kappa shape index (κ1) is 17.4. The van der Waals surface area contributed by atoms with Crippen LogP contribution in [0.25, 0.3) is 0 Å². The summed E-state index contributed by atoms with van der Waals surface area (Å²) >= 11 is 0.983. The lowest BCUT2D eigenvalue weighted by Gasteiger charge is -2.16. The number of carbonyl (C=O) groups excluding carboxylic acids is 3. The Morgan fingerprint density at radius 2 is 1.89 bits per heavy atom. The highest BCUT2D eigenvalue weighted by Crippen LogP contribution is 2.09. The smallest absolute Gasteiger partial charge is 0.326 e. The standard InChI is InChI=1S/C11H17NO6S/c1-6(5-19-7(2)13)10(15)12-8(11(16)17)4-9(14)18-3/h6,8H,4-5H2,1-3H3,(H,12,15)(H,16,17)/t6-,8+/m1/s1. The maximum absolute atomic E-state index is 11.7. The van der Waals surface area contributed by atoms with Crippen molar-refractivity contribution in [2.75, 3.05) is 12.9 Å². The second kappa shape index (κ2) is 8.52. The van der Waals surface area contributed by atoms with E-state index in [1.165, 1.54) is 6.92 Å². The summed E-state index contributed by atoms with van der Waals surface area (Å²) in [4.78, 5) is 44.4.